The number of carbonyl (C=O) groups excluding carboxylic acids is 1. The third-order valence-corrected chi connectivity index (χ3v) is 4.78. The van der Waals surface area contributed by atoms with Gasteiger partial charge in [0.25, 0.3) is 5.91 Å². The van der Waals surface area contributed by atoms with Crippen molar-refractivity contribution in [1.82, 2.24) is 19.9 Å². The molecule has 1 aromatic carbocycles. The Bertz CT molecular complexity index is 948. The molecule has 0 aliphatic heterocycles. The van der Waals surface area contributed by atoms with Crippen LogP contribution in [-0.4, -0.2) is 27.1 Å². The molecule has 26 heavy (non-hydrogen) atoms. The highest BCUT2D eigenvalue weighted by molar-refractivity contribution is 5.99. The van der Waals surface area contributed by atoms with Gasteiger partial charge in [0.05, 0.1) is 12.8 Å². The van der Waals surface area contributed by atoms with Crippen LogP contribution in [0.2, 0.25) is 0 Å². The number of carbonyl (C=O) groups is 1. The summed E-state index contributed by atoms with van der Waals surface area (Å²) in [6.07, 6.45) is 7.87. The van der Waals surface area contributed by atoms with Crippen molar-refractivity contribution in [3.63, 3.8) is 0 Å². The van der Waals surface area contributed by atoms with E-state index in [1.807, 2.05) is 41.9 Å². The Kier molecular flexibility index (Phi) is 4.56. The quantitative estimate of drug-likeness (QED) is 0.768. The topological polar surface area (TPSA) is 68.5 Å². The smallest absolute Gasteiger partial charge is 0.257 e. The van der Waals surface area contributed by atoms with Gasteiger partial charge in [-0.05, 0) is 44.2 Å². The molecule has 3 aromatic rings. The summed E-state index contributed by atoms with van der Waals surface area (Å²) in [5.74, 6) is 0.622. The number of nitrogens with zero attached hydrogens (tertiary/aromatic N) is 3. The lowest BCUT2D eigenvalue weighted by Gasteiger charge is -2.15. The summed E-state index contributed by atoms with van der Waals surface area (Å²) in [4.78, 5) is 17.2. The van der Waals surface area contributed by atoms with Crippen molar-refractivity contribution in [3.05, 3.63) is 59.0 Å². The van der Waals surface area contributed by atoms with Gasteiger partial charge in [-0.25, -0.2) is 9.50 Å². The highest BCUT2D eigenvalue weighted by Crippen LogP contribution is 2.22. The number of aromatic nitrogens is 3. The number of benzene rings is 1. The first-order chi connectivity index (χ1) is 12.8. The second-order valence-corrected chi connectivity index (χ2v) is 6.45. The fourth-order valence-corrected chi connectivity index (χ4v) is 3.47. The lowest BCUT2D eigenvalue weighted by atomic mass is 9.97. The van der Waals surface area contributed by atoms with Crippen LogP contribution in [-0.2, 0) is 19.4 Å². The van der Waals surface area contributed by atoms with E-state index in [1.54, 1.807) is 6.20 Å². The van der Waals surface area contributed by atoms with Crippen LogP contribution in [0.15, 0.2) is 36.7 Å². The maximum absolute atomic E-state index is 12.7. The fourth-order valence-electron chi connectivity index (χ4n) is 3.47. The van der Waals surface area contributed by atoms with Crippen LogP contribution in [0, 0.1) is 0 Å². The van der Waals surface area contributed by atoms with Crippen LogP contribution in [0.5, 0.6) is 5.75 Å². The number of rotatable bonds is 5. The summed E-state index contributed by atoms with van der Waals surface area (Å²) >= 11 is 0. The fraction of sp³-hybridized carbons (Fsp3) is 0.350. The molecule has 1 aliphatic carbocycles. The Hall–Kier alpha value is -2.89. The Labute approximate surface area is 152 Å². The van der Waals surface area contributed by atoms with Gasteiger partial charge >= 0.3 is 0 Å². The summed E-state index contributed by atoms with van der Waals surface area (Å²) < 4.78 is 7.44. The lowest BCUT2D eigenvalue weighted by molar-refractivity contribution is 0.0952. The van der Waals surface area contributed by atoms with E-state index < -0.39 is 0 Å². The molecule has 1 amide bonds. The van der Waals surface area contributed by atoms with Crippen molar-refractivity contribution < 1.29 is 9.53 Å². The molecule has 6 nitrogen and oxygen atoms in total. The van der Waals surface area contributed by atoms with E-state index in [1.165, 1.54) is 17.7 Å². The molecule has 2 heterocycles. The van der Waals surface area contributed by atoms with Gasteiger partial charge in [-0.1, -0.05) is 18.2 Å². The first kappa shape index (κ1) is 16.6. The molecule has 0 bridgehead atoms. The third-order valence-electron chi connectivity index (χ3n) is 4.78. The Morgan fingerprint density at radius 1 is 1.23 bits per heavy atom. The molecule has 0 spiro atoms. The molecule has 0 unspecified atom stereocenters. The molecule has 134 valence electrons. The summed E-state index contributed by atoms with van der Waals surface area (Å²) in [5, 5.41) is 7.38. The highest BCUT2D eigenvalue weighted by Gasteiger charge is 2.19. The van der Waals surface area contributed by atoms with Gasteiger partial charge in [0.2, 0.25) is 0 Å². The molecular weight excluding hydrogens is 328 g/mol. The van der Waals surface area contributed by atoms with Crippen molar-refractivity contribution in [2.45, 2.75) is 39.2 Å². The second kappa shape index (κ2) is 7.15. The van der Waals surface area contributed by atoms with Crippen LogP contribution in [0.4, 0.5) is 0 Å². The van der Waals surface area contributed by atoms with Crippen LogP contribution in [0.3, 0.4) is 0 Å². The normalized spacial score (nSPS) is 13.4. The minimum atomic E-state index is -0.172. The molecule has 6 heteroatoms. The molecule has 0 fully saturated rings. The number of amides is 1. The zero-order valence-electron chi connectivity index (χ0n) is 14.9. The summed E-state index contributed by atoms with van der Waals surface area (Å²) in [6.45, 7) is 2.94. The number of aryl methyl sites for hydroxylation is 2. The first-order valence-corrected chi connectivity index (χ1v) is 9.11. The van der Waals surface area contributed by atoms with Gasteiger partial charge in [0.1, 0.15) is 11.3 Å². The van der Waals surface area contributed by atoms with Crippen LogP contribution < -0.4 is 10.1 Å². The number of hydrogen-bond acceptors (Lipinski definition) is 4. The summed E-state index contributed by atoms with van der Waals surface area (Å²) in [6, 6.07) is 7.73. The number of ether oxygens (including phenoxy) is 1. The molecule has 2 aromatic heterocycles. The maximum Gasteiger partial charge on any atom is 0.257 e. The van der Waals surface area contributed by atoms with Crippen LogP contribution in [0.25, 0.3) is 5.65 Å². The average molecular weight is 350 g/mol. The third kappa shape index (κ3) is 3.03. The standard InChI is InChI=1S/C20H22N4O2/c1-2-26-18-10-6-4-8-15(18)12-22-20(25)16-13-23-24-17-9-5-3-7-14(17)11-21-19(16)24/h4,6,8,10-11,13H,2-3,5,7,9,12H2,1H3,(H,22,25). The van der Waals surface area contributed by atoms with Gasteiger partial charge in [-0.3, -0.25) is 4.79 Å². The molecular formula is C20H22N4O2. The van der Waals surface area contributed by atoms with E-state index in [0.717, 1.165) is 30.6 Å². The molecule has 0 atom stereocenters. The van der Waals surface area contributed by atoms with E-state index in [9.17, 15) is 4.79 Å². The van der Waals surface area contributed by atoms with Crippen molar-refractivity contribution in [1.29, 1.82) is 0 Å². The van der Waals surface area contributed by atoms with E-state index in [2.05, 4.69) is 15.4 Å². The lowest BCUT2D eigenvalue weighted by Crippen LogP contribution is -2.23. The maximum atomic E-state index is 12.7. The Balaban J connectivity index is 1.56. The molecule has 0 saturated carbocycles. The molecule has 4 rings (SSSR count). The van der Waals surface area contributed by atoms with Gasteiger partial charge in [-0.2, -0.15) is 5.10 Å². The highest BCUT2D eigenvalue weighted by atomic mass is 16.5. The minimum Gasteiger partial charge on any atom is -0.494 e. The van der Waals surface area contributed by atoms with Crippen molar-refractivity contribution >= 4 is 11.6 Å². The van der Waals surface area contributed by atoms with Crippen LogP contribution in [0.1, 0.15) is 46.9 Å². The number of para-hydroxylation sites is 1. The summed E-state index contributed by atoms with van der Waals surface area (Å²) in [5.41, 5.74) is 4.50. The molecule has 0 radical (unpaired) electrons. The summed E-state index contributed by atoms with van der Waals surface area (Å²) in [7, 11) is 0. The van der Waals surface area contributed by atoms with Gasteiger partial charge in [-0.15, -0.1) is 0 Å². The zero-order valence-corrected chi connectivity index (χ0v) is 14.9. The Morgan fingerprint density at radius 2 is 2.08 bits per heavy atom. The molecule has 1 N–H and O–H groups in total. The van der Waals surface area contributed by atoms with Gasteiger partial charge < -0.3 is 10.1 Å². The van der Waals surface area contributed by atoms with Gasteiger partial charge in [0, 0.05) is 24.0 Å². The molecule has 0 saturated heterocycles. The van der Waals surface area contributed by atoms with Gasteiger partial charge in [0.15, 0.2) is 5.65 Å². The van der Waals surface area contributed by atoms with Crippen molar-refractivity contribution in [3.8, 4) is 5.75 Å². The predicted octanol–water partition coefficient (Wildman–Crippen LogP) is 2.94. The van der Waals surface area contributed by atoms with Crippen LogP contribution >= 0.6 is 0 Å². The average Bonchev–Trinajstić information content (AvgIpc) is 3.12. The SMILES string of the molecule is CCOc1ccccc1CNC(=O)c1cnn2c3c(cnc12)CCCC3. The van der Waals surface area contributed by atoms with E-state index >= 15 is 0 Å². The second-order valence-electron chi connectivity index (χ2n) is 6.45. The number of hydrogen-bond donors (Lipinski definition) is 1. The zero-order chi connectivity index (χ0) is 17.9. The monoisotopic (exact) mass is 350 g/mol. The van der Waals surface area contributed by atoms with Crippen molar-refractivity contribution in [2.75, 3.05) is 6.61 Å². The van der Waals surface area contributed by atoms with Crippen molar-refractivity contribution in [2.24, 2.45) is 0 Å². The minimum absolute atomic E-state index is 0.172. The van der Waals surface area contributed by atoms with E-state index in [4.69, 9.17) is 4.74 Å². The van der Waals surface area contributed by atoms with E-state index in [-0.39, 0.29) is 5.91 Å². The number of nitrogens with one attached hydrogen (secondary N) is 1. The Morgan fingerprint density at radius 3 is 2.96 bits per heavy atom. The first-order valence-electron chi connectivity index (χ1n) is 9.11. The molecule has 1 aliphatic rings. The number of fused-ring (bicyclic) bond motifs is 3. The predicted molar refractivity (Wildman–Crippen MR) is 98.4 cm³/mol. The van der Waals surface area contributed by atoms with E-state index in [0.29, 0.717) is 24.4 Å². The largest absolute Gasteiger partial charge is 0.494 e.